The molecule has 0 aromatic rings. The Morgan fingerprint density at radius 2 is 2.00 bits per heavy atom. The Balaban J connectivity index is 4.13. The number of nitro groups is 1. The highest BCUT2D eigenvalue weighted by atomic mass is 35.5. The van der Waals surface area contributed by atoms with Gasteiger partial charge < -0.3 is 4.74 Å². The van der Waals surface area contributed by atoms with E-state index < -0.39 is 10.4 Å². The predicted molar refractivity (Wildman–Crippen MR) is 46.7 cm³/mol. The minimum atomic E-state index is -1.05. The molecular weight excluding hydrogens is 198 g/mol. The lowest BCUT2D eigenvalue weighted by atomic mass is 10.4. The normalized spacial score (nSPS) is 9.62. The van der Waals surface area contributed by atoms with Gasteiger partial charge in [0, 0.05) is 17.7 Å². The number of rotatable bonds is 4. The Hall–Kier alpha value is -1.62. The fraction of sp³-hybridized carbons (Fsp3) is 0. The van der Waals surface area contributed by atoms with E-state index in [0.29, 0.717) is 0 Å². The molecule has 0 rings (SSSR count). The van der Waals surface area contributed by atoms with E-state index in [9.17, 15) is 14.9 Å². The number of halogens is 1. The molecule has 0 aromatic heterocycles. The van der Waals surface area contributed by atoms with Crippen LogP contribution in [-0.4, -0.2) is 10.4 Å². The van der Waals surface area contributed by atoms with Gasteiger partial charge in [-0.2, -0.15) is 0 Å². The second kappa shape index (κ2) is 5.10. The molecule has 70 valence electrons. The van der Waals surface area contributed by atoms with Crippen LogP contribution in [0.2, 0.25) is 0 Å². The van der Waals surface area contributed by atoms with Crippen molar-refractivity contribution in [1.29, 1.82) is 0 Å². The summed E-state index contributed by atoms with van der Waals surface area (Å²) in [6, 6.07) is 0. The molecule has 0 saturated carbocycles. The van der Waals surface area contributed by atoms with Gasteiger partial charge in [0.05, 0.1) is 4.92 Å². The van der Waals surface area contributed by atoms with Crippen molar-refractivity contribution in [1.82, 2.24) is 0 Å². The summed E-state index contributed by atoms with van der Waals surface area (Å²) in [6.45, 7) is 6.35. The molecule has 0 aliphatic carbocycles. The molecule has 5 nitrogen and oxygen atoms in total. The van der Waals surface area contributed by atoms with E-state index in [1.54, 1.807) is 0 Å². The molecule has 0 fully saturated rings. The fourth-order valence-corrected chi connectivity index (χ4v) is 0.486. The smallest absolute Gasteiger partial charge is 0.409 e. The van der Waals surface area contributed by atoms with Gasteiger partial charge in [-0.3, -0.25) is 10.1 Å². The molecule has 0 unspecified atom stereocenters. The average molecular weight is 204 g/mol. The molecule has 0 aliphatic heterocycles. The number of ether oxygens (including phenoxy) is 1. The third kappa shape index (κ3) is 5.63. The van der Waals surface area contributed by atoms with E-state index >= 15 is 0 Å². The number of allylic oxidation sites excluding steroid dienone is 2. The first-order valence-corrected chi connectivity index (χ1v) is 3.39. The summed E-state index contributed by atoms with van der Waals surface area (Å²) in [5, 5.41) is 10.0. The summed E-state index contributed by atoms with van der Waals surface area (Å²) in [7, 11) is 0. The van der Waals surface area contributed by atoms with Crippen LogP contribution in [0.5, 0.6) is 0 Å². The fourth-order valence-electron chi connectivity index (χ4n) is 0.387. The summed E-state index contributed by atoms with van der Waals surface area (Å²) >= 11 is 4.84. The summed E-state index contributed by atoms with van der Waals surface area (Å²) < 4.78 is 4.26. The van der Waals surface area contributed by atoms with E-state index in [4.69, 9.17) is 11.6 Å². The van der Waals surface area contributed by atoms with E-state index in [2.05, 4.69) is 17.9 Å². The van der Waals surface area contributed by atoms with Gasteiger partial charge in [0.15, 0.2) is 0 Å². The second-order valence-electron chi connectivity index (χ2n) is 1.89. The van der Waals surface area contributed by atoms with E-state index in [0.717, 1.165) is 12.2 Å². The Morgan fingerprint density at radius 1 is 1.46 bits per heavy atom. The molecular formula is C7H6ClNO4. The van der Waals surface area contributed by atoms with E-state index in [1.807, 2.05) is 0 Å². The molecule has 0 atom stereocenters. The van der Waals surface area contributed by atoms with Crippen molar-refractivity contribution >= 4 is 17.0 Å². The van der Waals surface area contributed by atoms with Gasteiger partial charge in [-0.25, -0.2) is 4.79 Å². The van der Waals surface area contributed by atoms with Crippen molar-refractivity contribution < 1.29 is 14.5 Å². The van der Waals surface area contributed by atoms with Gasteiger partial charge >= 0.3 is 5.43 Å². The first kappa shape index (κ1) is 11.4. The van der Waals surface area contributed by atoms with Crippen LogP contribution in [0.3, 0.4) is 0 Å². The monoisotopic (exact) mass is 203 g/mol. The number of hydrogen-bond acceptors (Lipinski definition) is 4. The largest absolute Gasteiger partial charge is 0.415 e. The third-order valence-corrected chi connectivity index (χ3v) is 0.985. The number of hydrogen-bond donors (Lipinski definition) is 0. The lowest BCUT2D eigenvalue weighted by Crippen LogP contribution is -1.94. The lowest BCUT2D eigenvalue weighted by molar-refractivity contribution is -0.418. The average Bonchev–Trinajstić information content (AvgIpc) is 1.98. The lowest BCUT2D eigenvalue weighted by Gasteiger charge is -1.95. The summed E-state index contributed by atoms with van der Waals surface area (Å²) in [5.41, 5.74) is -1.40. The summed E-state index contributed by atoms with van der Waals surface area (Å²) in [4.78, 5) is 19.5. The quantitative estimate of drug-likeness (QED) is 0.231. The molecule has 0 spiro atoms. The maximum absolute atomic E-state index is 10.1. The van der Waals surface area contributed by atoms with Crippen molar-refractivity contribution in [2.75, 3.05) is 0 Å². The van der Waals surface area contributed by atoms with Crippen molar-refractivity contribution in [3.05, 3.63) is 46.9 Å². The van der Waals surface area contributed by atoms with Gasteiger partial charge in [-0.1, -0.05) is 6.58 Å². The topological polar surface area (TPSA) is 69.4 Å². The molecule has 0 aromatic carbocycles. The van der Waals surface area contributed by atoms with Crippen LogP contribution in [0.25, 0.3) is 0 Å². The Labute approximate surface area is 79.1 Å². The van der Waals surface area contributed by atoms with Crippen molar-refractivity contribution in [3.63, 3.8) is 0 Å². The van der Waals surface area contributed by atoms with Gasteiger partial charge in [0.1, 0.15) is 5.76 Å². The van der Waals surface area contributed by atoms with Crippen LogP contribution in [-0.2, 0) is 4.74 Å². The highest BCUT2D eigenvalue weighted by Crippen LogP contribution is 2.02. The molecule has 0 saturated heterocycles. The van der Waals surface area contributed by atoms with Crippen LogP contribution >= 0.6 is 11.6 Å². The van der Waals surface area contributed by atoms with Crippen LogP contribution < -0.4 is 0 Å². The van der Waals surface area contributed by atoms with E-state index in [1.165, 1.54) is 0 Å². The molecule has 0 N–H and O–H groups in total. The zero-order valence-corrected chi connectivity index (χ0v) is 7.28. The van der Waals surface area contributed by atoms with Crippen LogP contribution in [0.4, 0.5) is 4.79 Å². The van der Waals surface area contributed by atoms with Crippen molar-refractivity contribution in [2.24, 2.45) is 0 Å². The van der Waals surface area contributed by atoms with Gasteiger partial charge in [0.25, 0.3) is 5.70 Å². The molecule has 0 radical (unpaired) electrons. The molecule has 13 heavy (non-hydrogen) atoms. The van der Waals surface area contributed by atoms with Crippen LogP contribution in [0.1, 0.15) is 0 Å². The number of nitrogens with zero attached hydrogens (tertiary/aromatic N) is 1. The molecule has 0 amide bonds. The van der Waals surface area contributed by atoms with Gasteiger partial charge in [-0.05, 0) is 12.7 Å². The predicted octanol–water partition coefficient (Wildman–Crippen LogP) is 2.22. The zero-order valence-electron chi connectivity index (χ0n) is 6.53. The Morgan fingerprint density at radius 3 is 2.38 bits per heavy atom. The second-order valence-corrected chi connectivity index (χ2v) is 2.20. The molecule has 6 heteroatoms. The zero-order chi connectivity index (χ0) is 10.4. The maximum atomic E-state index is 10.1. The summed E-state index contributed by atoms with van der Waals surface area (Å²) in [6.07, 6.45) is 2.16. The summed E-state index contributed by atoms with van der Waals surface area (Å²) in [5.74, 6) is -0.0944. The van der Waals surface area contributed by atoms with Crippen LogP contribution in [0, 0.1) is 10.1 Å². The number of carbonyl (C=O) groups is 1. The maximum Gasteiger partial charge on any atom is 0.409 e. The molecule has 0 aliphatic rings. The van der Waals surface area contributed by atoms with E-state index in [-0.39, 0.29) is 11.5 Å². The SMILES string of the molecule is C=C(/C=C\C(=C)[N+](=O)[O-])OC(=O)Cl. The Kier molecular flexibility index (Phi) is 4.47. The first-order valence-electron chi connectivity index (χ1n) is 3.01. The highest BCUT2D eigenvalue weighted by Gasteiger charge is 2.01. The van der Waals surface area contributed by atoms with Gasteiger partial charge in [0.2, 0.25) is 0 Å². The van der Waals surface area contributed by atoms with Crippen molar-refractivity contribution in [2.45, 2.75) is 0 Å². The number of carbonyl (C=O) groups excluding carboxylic acids is 1. The third-order valence-electron chi connectivity index (χ3n) is 0.907. The minimum Gasteiger partial charge on any atom is -0.415 e. The molecule has 0 heterocycles. The van der Waals surface area contributed by atoms with Gasteiger partial charge in [-0.15, -0.1) is 0 Å². The standard InChI is InChI=1S/C7H6ClNO4/c1-5(9(11)12)3-4-6(2)13-7(8)10/h3-4H,1-2H2/b4-3-. The highest BCUT2D eigenvalue weighted by molar-refractivity contribution is 6.61. The molecule has 0 bridgehead atoms. The minimum absolute atomic E-state index is 0.0944. The van der Waals surface area contributed by atoms with Crippen LogP contribution in [0.15, 0.2) is 36.8 Å². The first-order chi connectivity index (χ1) is 5.93. The van der Waals surface area contributed by atoms with Crippen molar-refractivity contribution in [3.8, 4) is 0 Å². The Bertz CT molecular complexity index is 295.